The number of nitrogens with one attached hydrogen (secondary N) is 1. The smallest absolute Gasteiger partial charge is 0.335 e. The zero-order valence-electron chi connectivity index (χ0n) is 17.6. The number of aromatic carboxylic acids is 1. The largest absolute Gasteiger partial charge is 0.478 e. The average molecular weight is 480 g/mol. The van der Waals surface area contributed by atoms with Crippen LogP contribution in [0.1, 0.15) is 27.3 Å². The maximum atomic E-state index is 13.3. The second-order valence-corrected chi connectivity index (χ2v) is 8.22. The summed E-state index contributed by atoms with van der Waals surface area (Å²) in [4.78, 5) is 38.3. The highest BCUT2D eigenvalue weighted by molar-refractivity contribution is 7.80. The molecule has 0 bridgehead atoms. The number of nitrogens with zero attached hydrogens (tertiary/aromatic N) is 2. The number of para-hydroxylation sites is 1. The molecule has 166 valence electrons. The minimum atomic E-state index is -1.00. The van der Waals surface area contributed by atoms with Crippen molar-refractivity contribution in [3.8, 4) is 5.69 Å². The van der Waals surface area contributed by atoms with Gasteiger partial charge in [0.25, 0.3) is 11.8 Å². The van der Waals surface area contributed by atoms with E-state index in [4.69, 9.17) is 28.9 Å². The molecule has 0 aliphatic carbocycles. The fraction of sp³-hybridized carbons (Fsp3) is 0.0833. The quantitative estimate of drug-likeness (QED) is 0.331. The Morgan fingerprint density at radius 2 is 1.76 bits per heavy atom. The van der Waals surface area contributed by atoms with Gasteiger partial charge in [-0.3, -0.25) is 19.8 Å². The first kappa shape index (κ1) is 22.4. The summed E-state index contributed by atoms with van der Waals surface area (Å²) in [6.07, 6.45) is 1.52. The van der Waals surface area contributed by atoms with Gasteiger partial charge in [0.15, 0.2) is 5.11 Å². The molecule has 2 N–H and O–H groups in total. The van der Waals surface area contributed by atoms with E-state index in [1.807, 2.05) is 24.5 Å². The Hall–Kier alpha value is -3.75. The number of benzene rings is 2. The highest BCUT2D eigenvalue weighted by Crippen LogP contribution is 2.30. The zero-order valence-corrected chi connectivity index (χ0v) is 19.2. The van der Waals surface area contributed by atoms with Crippen LogP contribution in [0.25, 0.3) is 11.8 Å². The van der Waals surface area contributed by atoms with Crippen molar-refractivity contribution in [2.45, 2.75) is 13.8 Å². The number of carboxylic acid groups (broad SMARTS) is 1. The molecule has 1 saturated heterocycles. The summed E-state index contributed by atoms with van der Waals surface area (Å²) in [6.45, 7) is 3.74. The fourth-order valence-electron chi connectivity index (χ4n) is 3.75. The van der Waals surface area contributed by atoms with E-state index < -0.39 is 17.8 Å². The van der Waals surface area contributed by atoms with Crippen LogP contribution in [0.3, 0.4) is 0 Å². The van der Waals surface area contributed by atoms with Crippen LogP contribution < -0.4 is 10.2 Å². The molecule has 2 heterocycles. The zero-order chi connectivity index (χ0) is 23.9. The number of carbonyl (C=O) groups excluding carboxylic acids is 2. The summed E-state index contributed by atoms with van der Waals surface area (Å²) in [5, 5.41) is 12.0. The molecule has 4 rings (SSSR count). The highest BCUT2D eigenvalue weighted by atomic mass is 35.5. The first-order chi connectivity index (χ1) is 15.7. The van der Waals surface area contributed by atoms with Crippen LogP contribution in [-0.2, 0) is 9.59 Å². The van der Waals surface area contributed by atoms with Crippen molar-refractivity contribution in [1.82, 2.24) is 9.88 Å². The van der Waals surface area contributed by atoms with Crippen molar-refractivity contribution in [2.24, 2.45) is 0 Å². The molecule has 3 aromatic rings. The van der Waals surface area contributed by atoms with Crippen molar-refractivity contribution in [2.75, 3.05) is 4.90 Å². The van der Waals surface area contributed by atoms with Crippen molar-refractivity contribution in [3.05, 3.63) is 87.7 Å². The maximum absolute atomic E-state index is 13.3. The minimum absolute atomic E-state index is 0.0424. The SMILES string of the molecule is Cc1cc(/C=C2/C(=O)NC(=S)N(c3ccccc3Cl)C2=O)c(C)n1-c1ccc(C(=O)O)cc1. The van der Waals surface area contributed by atoms with E-state index >= 15 is 0 Å². The third-order valence-electron chi connectivity index (χ3n) is 5.34. The van der Waals surface area contributed by atoms with Crippen molar-refractivity contribution in [3.63, 3.8) is 0 Å². The predicted molar refractivity (Wildman–Crippen MR) is 130 cm³/mol. The summed E-state index contributed by atoms with van der Waals surface area (Å²) in [7, 11) is 0. The number of thiocarbonyl (C=S) groups is 1. The molecule has 33 heavy (non-hydrogen) atoms. The molecule has 7 nitrogen and oxygen atoms in total. The van der Waals surface area contributed by atoms with Crippen LogP contribution in [0.2, 0.25) is 5.02 Å². The number of carboxylic acids is 1. The average Bonchev–Trinajstić information content (AvgIpc) is 3.05. The summed E-state index contributed by atoms with van der Waals surface area (Å²) in [5.74, 6) is -2.17. The maximum Gasteiger partial charge on any atom is 0.335 e. The molecule has 1 aliphatic heterocycles. The Morgan fingerprint density at radius 1 is 1.09 bits per heavy atom. The van der Waals surface area contributed by atoms with Crippen molar-refractivity contribution < 1.29 is 19.5 Å². The Kier molecular flexibility index (Phi) is 5.88. The van der Waals surface area contributed by atoms with E-state index in [0.29, 0.717) is 16.3 Å². The highest BCUT2D eigenvalue weighted by Gasteiger charge is 2.35. The van der Waals surface area contributed by atoms with E-state index in [1.165, 1.54) is 23.1 Å². The number of aromatic nitrogens is 1. The second kappa shape index (κ2) is 8.65. The van der Waals surface area contributed by atoms with Gasteiger partial charge in [0, 0.05) is 17.1 Å². The molecule has 0 spiro atoms. The summed E-state index contributed by atoms with van der Waals surface area (Å²) in [5.41, 5.74) is 3.54. The Morgan fingerprint density at radius 3 is 2.39 bits per heavy atom. The lowest BCUT2D eigenvalue weighted by Crippen LogP contribution is -2.54. The van der Waals surface area contributed by atoms with Gasteiger partial charge in [0.1, 0.15) is 5.57 Å². The van der Waals surface area contributed by atoms with Gasteiger partial charge < -0.3 is 9.67 Å². The standard InChI is InChI=1S/C24H18ClN3O4S/c1-13-11-16(14(2)27(13)17-9-7-15(8-10-17)23(31)32)12-18-21(29)26-24(33)28(22(18)30)20-6-4-3-5-19(20)25/h3-12H,1-2H3,(H,31,32)(H,26,29,33)/b18-12-. The van der Waals surface area contributed by atoms with Crippen LogP contribution in [-0.4, -0.2) is 32.6 Å². The predicted octanol–water partition coefficient (Wildman–Crippen LogP) is 4.28. The van der Waals surface area contributed by atoms with Gasteiger partial charge in [-0.25, -0.2) is 4.79 Å². The lowest BCUT2D eigenvalue weighted by Gasteiger charge is -2.29. The van der Waals surface area contributed by atoms with Gasteiger partial charge in [-0.05, 0) is 80.2 Å². The Bertz CT molecular complexity index is 1360. The minimum Gasteiger partial charge on any atom is -0.478 e. The first-order valence-electron chi connectivity index (χ1n) is 9.87. The molecule has 2 aromatic carbocycles. The number of anilines is 1. The molecule has 0 atom stereocenters. The summed E-state index contributed by atoms with van der Waals surface area (Å²) < 4.78 is 1.92. The van der Waals surface area contributed by atoms with Crippen molar-refractivity contribution in [1.29, 1.82) is 0 Å². The number of carbonyl (C=O) groups is 3. The molecule has 2 amide bonds. The molecular weight excluding hydrogens is 462 g/mol. The van der Waals surface area contributed by atoms with E-state index in [0.717, 1.165) is 17.1 Å². The van der Waals surface area contributed by atoms with Gasteiger partial charge in [0.2, 0.25) is 0 Å². The number of hydrogen-bond acceptors (Lipinski definition) is 4. The molecule has 1 aliphatic rings. The van der Waals surface area contributed by atoms with Gasteiger partial charge in [-0.1, -0.05) is 23.7 Å². The van der Waals surface area contributed by atoms with Gasteiger partial charge in [-0.2, -0.15) is 0 Å². The van der Waals surface area contributed by atoms with Gasteiger partial charge >= 0.3 is 5.97 Å². The number of rotatable bonds is 4. The number of amides is 2. The first-order valence-corrected chi connectivity index (χ1v) is 10.7. The van der Waals surface area contributed by atoms with Crippen molar-refractivity contribution >= 4 is 58.5 Å². The van der Waals surface area contributed by atoms with Crippen LogP contribution in [0.4, 0.5) is 5.69 Å². The van der Waals surface area contributed by atoms with Crippen LogP contribution >= 0.6 is 23.8 Å². The lowest BCUT2D eigenvalue weighted by atomic mass is 10.1. The fourth-order valence-corrected chi connectivity index (χ4v) is 4.24. The van der Waals surface area contributed by atoms with E-state index in [1.54, 1.807) is 36.4 Å². The molecule has 9 heteroatoms. The number of aryl methyl sites for hydroxylation is 1. The molecule has 1 aromatic heterocycles. The monoisotopic (exact) mass is 479 g/mol. The van der Waals surface area contributed by atoms with Crippen LogP contribution in [0, 0.1) is 13.8 Å². The third-order valence-corrected chi connectivity index (χ3v) is 5.94. The van der Waals surface area contributed by atoms with E-state index in [9.17, 15) is 14.4 Å². The van der Waals surface area contributed by atoms with Crippen LogP contribution in [0.15, 0.2) is 60.2 Å². The molecule has 0 saturated carbocycles. The molecule has 0 unspecified atom stereocenters. The Balaban J connectivity index is 1.75. The molecule has 1 fully saturated rings. The summed E-state index contributed by atoms with van der Waals surface area (Å²) in [6, 6.07) is 15.0. The normalized spacial score (nSPS) is 15.2. The number of halogens is 1. The van der Waals surface area contributed by atoms with Gasteiger partial charge in [0.05, 0.1) is 16.3 Å². The van der Waals surface area contributed by atoms with Gasteiger partial charge in [-0.15, -0.1) is 0 Å². The molecule has 0 radical (unpaired) electrons. The lowest BCUT2D eigenvalue weighted by molar-refractivity contribution is -0.122. The Labute approximate surface area is 199 Å². The molecular formula is C24H18ClN3O4S. The third kappa shape index (κ3) is 4.06. The van der Waals surface area contributed by atoms with E-state index in [-0.39, 0.29) is 16.2 Å². The summed E-state index contributed by atoms with van der Waals surface area (Å²) >= 11 is 11.5. The topological polar surface area (TPSA) is 91.6 Å². The number of hydrogen-bond donors (Lipinski definition) is 2. The second-order valence-electron chi connectivity index (χ2n) is 7.42. The van der Waals surface area contributed by atoms with E-state index in [2.05, 4.69) is 5.32 Å². The van der Waals surface area contributed by atoms with Crippen LogP contribution in [0.5, 0.6) is 0 Å².